The van der Waals surface area contributed by atoms with Crippen molar-refractivity contribution < 1.29 is 19.8 Å². The molecule has 0 aromatic rings. The predicted octanol–water partition coefficient (Wildman–Crippen LogP) is 0.443. The van der Waals surface area contributed by atoms with E-state index in [4.69, 9.17) is 10.2 Å². The van der Waals surface area contributed by atoms with E-state index in [1.807, 2.05) is 0 Å². The minimum atomic E-state index is -1.67. The standard InChI is InChI=1S/C6H10O4S3/c7-4(8)3(12)6(13,1-2-11)5(9)10/h3,11-13H,1-2H2,(H,7,8)(H,9,10). The summed E-state index contributed by atoms with van der Waals surface area (Å²) in [7, 11) is 0. The molecule has 0 radical (unpaired) electrons. The SMILES string of the molecule is O=C(O)C(S)C(S)(CCS)C(=O)O. The molecule has 0 bridgehead atoms. The lowest BCUT2D eigenvalue weighted by molar-refractivity contribution is -0.145. The maximum atomic E-state index is 10.7. The Balaban J connectivity index is 4.77. The van der Waals surface area contributed by atoms with Crippen LogP contribution in [0.5, 0.6) is 0 Å². The Morgan fingerprint density at radius 1 is 1.38 bits per heavy atom. The number of aliphatic carboxylic acids is 2. The molecule has 0 aliphatic carbocycles. The third-order valence-electron chi connectivity index (χ3n) is 1.55. The van der Waals surface area contributed by atoms with Gasteiger partial charge in [-0.3, -0.25) is 9.59 Å². The van der Waals surface area contributed by atoms with Gasteiger partial charge in [0.05, 0.1) is 0 Å². The molecule has 0 aliphatic rings. The topological polar surface area (TPSA) is 74.6 Å². The second kappa shape index (κ2) is 5.02. The number of thiol groups is 3. The van der Waals surface area contributed by atoms with Crippen LogP contribution in [0.4, 0.5) is 0 Å². The maximum absolute atomic E-state index is 10.7. The summed E-state index contributed by atoms with van der Waals surface area (Å²) in [6.07, 6.45) is 0.0367. The summed E-state index contributed by atoms with van der Waals surface area (Å²) < 4.78 is -1.67. The van der Waals surface area contributed by atoms with Gasteiger partial charge in [0.25, 0.3) is 0 Å². The van der Waals surface area contributed by atoms with E-state index in [0.717, 1.165) is 0 Å². The molecule has 13 heavy (non-hydrogen) atoms. The summed E-state index contributed by atoms with van der Waals surface area (Å²) in [5, 5.41) is 16.0. The summed E-state index contributed by atoms with van der Waals surface area (Å²) in [6.45, 7) is 0. The van der Waals surface area contributed by atoms with Gasteiger partial charge in [0.2, 0.25) is 0 Å². The first-order valence-electron chi connectivity index (χ1n) is 3.33. The minimum Gasteiger partial charge on any atom is -0.480 e. The Kier molecular flexibility index (Phi) is 5.01. The Hall–Kier alpha value is -0.0100. The van der Waals surface area contributed by atoms with Gasteiger partial charge in [0.15, 0.2) is 0 Å². The zero-order valence-corrected chi connectivity index (χ0v) is 9.23. The van der Waals surface area contributed by atoms with E-state index in [1.54, 1.807) is 0 Å². The lowest BCUT2D eigenvalue weighted by Gasteiger charge is -2.26. The number of hydrogen-bond donors (Lipinski definition) is 5. The first kappa shape index (κ1) is 13.0. The van der Waals surface area contributed by atoms with Crippen LogP contribution in [0.3, 0.4) is 0 Å². The highest BCUT2D eigenvalue weighted by Crippen LogP contribution is 2.28. The lowest BCUT2D eigenvalue weighted by atomic mass is 10.0. The zero-order valence-electron chi connectivity index (χ0n) is 6.54. The van der Waals surface area contributed by atoms with Crippen LogP contribution < -0.4 is 0 Å². The lowest BCUT2D eigenvalue weighted by Crippen LogP contribution is -2.46. The third-order valence-corrected chi connectivity index (χ3v) is 3.31. The Bertz CT molecular complexity index is 220. The molecule has 0 saturated heterocycles. The van der Waals surface area contributed by atoms with Crippen LogP contribution in [0.25, 0.3) is 0 Å². The van der Waals surface area contributed by atoms with Crippen molar-refractivity contribution in [3.8, 4) is 0 Å². The maximum Gasteiger partial charge on any atom is 0.321 e. The van der Waals surface area contributed by atoms with Gasteiger partial charge in [-0.25, -0.2) is 0 Å². The van der Waals surface area contributed by atoms with E-state index < -0.39 is 21.9 Å². The predicted molar refractivity (Wildman–Crippen MR) is 58.2 cm³/mol. The van der Waals surface area contributed by atoms with Crippen molar-refractivity contribution >= 4 is 49.8 Å². The fourth-order valence-electron chi connectivity index (χ4n) is 0.735. The van der Waals surface area contributed by atoms with E-state index in [0.29, 0.717) is 0 Å². The van der Waals surface area contributed by atoms with Crippen molar-refractivity contribution in [2.75, 3.05) is 5.75 Å². The molecule has 2 N–H and O–H groups in total. The van der Waals surface area contributed by atoms with Crippen molar-refractivity contribution in [1.82, 2.24) is 0 Å². The average Bonchev–Trinajstić information content (AvgIpc) is 2.02. The highest BCUT2D eigenvalue weighted by atomic mass is 32.1. The molecular weight excluding hydrogens is 232 g/mol. The van der Waals surface area contributed by atoms with Gasteiger partial charge in [-0.05, 0) is 12.2 Å². The van der Waals surface area contributed by atoms with Gasteiger partial charge in [-0.2, -0.15) is 37.9 Å². The Morgan fingerprint density at radius 2 is 1.85 bits per heavy atom. The van der Waals surface area contributed by atoms with Crippen LogP contribution in [0.1, 0.15) is 6.42 Å². The molecule has 4 nitrogen and oxygen atoms in total. The summed E-state index contributed by atoms with van der Waals surface area (Å²) in [5.74, 6) is -2.37. The van der Waals surface area contributed by atoms with Gasteiger partial charge in [0, 0.05) is 0 Å². The molecule has 0 fully saturated rings. The number of carboxylic acids is 2. The van der Waals surface area contributed by atoms with Gasteiger partial charge < -0.3 is 10.2 Å². The van der Waals surface area contributed by atoms with Gasteiger partial charge >= 0.3 is 11.9 Å². The quantitative estimate of drug-likeness (QED) is 0.454. The summed E-state index contributed by atoms with van der Waals surface area (Å²) in [6, 6.07) is 0. The molecule has 0 aromatic carbocycles. The first-order valence-corrected chi connectivity index (χ1v) is 4.93. The molecular formula is C6H10O4S3. The second-order valence-electron chi connectivity index (χ2n) is 2.44. The smallest absolute Gasteiger partial charge is 0.321 e. The summed E-state index contributed by atoms with van der Waals surface area (Å²) in [4.78, 5) is 21.2. The highest BCUT2D eigenvalue weighted by molar-refractivity contribution is 7.87. The van der Waals surface area contributed by atoms with Crippen molar-refractivity contribution in [2.24, 2.45) is 0 Å². The van der Waals surface area contributed by atoms with Crippen molar-refractivity contribution in [1.29, 1.82) is 0 Å². The van der Waals surface area contributed by atoms with Gasteiger partial charge in [-0.15, -0.1) is 0 Å². The van der Waals surface area contributed by atoms with Crippen LogP contribution in [0, 0.1) is 0 Å². The molecule has 0 spiro atoms. The molecule has 0 amide bonds. The van der Waals surface area contributed by atoms with E-state index in [9.17, 15) is 9.59 Å². The molecule has 2 unspecified atom stereocenters. The molecule has 0 aromatic heterocycles. The Morgan fingerprint density at radius 3 is 2.08 bits per heavy atom. The van der Waals surface area contributed by atoms with Crippen molar-refractivity contribution in [3.05, 3.63) is 0 Å². The number of carbonyl (C=O) groups is 2. The number of carboxylic acid groups (broad SMARTS) is 2. The third kappa shape index (κ3) is 2.99. The van der Waals surface area contributed by atoms with Crippen LogP contribution >= 0.6 is 37.9 Å². The fourth-order valence-corrected chi connectivity index (χ4v) is 1.73. The van der Waals surface area contributed by atoms with Crippen LogP contribution in [0.15, 0.2) is 0 Å². The monoisotopic (exact) mass is 242 g/mol. The summed E-state index contributed by atoms with van der Waals surface area (Å²) in [5.41, 5.74) is 0. The zero-order chi connectivity index (χ0) is 10.6. The fraction of sp³-hybridized carbons (Fsp3) is 0.667. The molecule has 0 saturated carbocycles. The van der Waals surface area contributed by atoms with Gasteiger partial charge in [-0.1, -0.05) is 0 Å². The first-order chi connectivity index (χ1) is 5.86. The minimum absolute atomic E-state index is 0.0367. The van der Waals surface area contributed by atoms with E-state index >= 15 is 0 Å². The van der Waals surface area contributed by atoms with E-state index in [1.165, 1.54) is 0 Å². The van der Waals surface area contributed by atoms with Crippen LogP contribution in [-0.2, 0) is 9.59 Å². The van der Waals surface area contributed by atoms with Crippen molar-refractivity contribution in [3.63, 3.8) is 0 Å². The molecule has 0 heterocycles. The Labute approximate surface area is 91.9 Å². The van der Waals surface area contributed by atoms with Crippen LogP contribution in [0.2, 0.25) is 0 Å². The van der Waals surface area contributed by atoms with E-state index in [-0.39, 0.29) is 12.2 Å². The number of rotatable bonds is 5. The molecule has 0 rings (SSSR count). The number of hydrogen-bond acceptors (Lipinski definition) is 5. The highest BCUT2D eigenvalue weighted by Gasteiger charge is 2.44. The molecule has 7 heteroatoms. The molecule has 76 valence electrons. The normalized spacial score (nSPS) is 17.5. The van der Waals surface area contributed by atoms with Gasteiger partial charge in [0.1, 0.15) is 10.00 Å². The molecule has 0 aliphatic heterocycles. The molecule has 2 atom stereocenters. The van der Waals surface area contributed by atoms with Crippen molar-refractivity contribution in [2.45, 2.75) is 16.4 Å². The van der Waals surface area contributed by atoms with E-state index in [2.05, 4.69) is 37.9 Å². The largest absolute Gasteiger partial charge is 0.480 e. The summed E-state index contributed by atoms with van der Waals surface area (Å²) >= 11 is 11.3. The second-order valence-corrected chi connectivity index (χ2v) is 4.21. The van der Waals surface area contributed by atoms with Crippen LogP contribution in [-0.4, -0.2) is 37.9 Å². The average molecular weight is 242 g/mol.